The SMILES string of the molecule is CC1(CN)CCN(C(=O)c2cccc(CS(=O)(=O)NC(C)(C)C)c2)C1. The number of amides is 1. The van der Waals surface area contributed by atoms with Crippen LogP contribution in [0.15, 0.2) is 24.3 Å². The van der Waals surface area contributed by atoms with Crippen molar-refractivity contribution in [1.82, 2.24) is 9.62 Å². The average molecular weight is 368 g/mol. The van der Waals surface area contributed by atoms with Crippen molar-refractivity contribution in [1.29, 1.82) is 0 Å². The van der Waals surface area contributed by atoms with E-state index in [1.54, 1.807) is 49.9 Å². The van der Waals surface area contributed by atoms with Crippen LogP contribution in [0.2, 0.25) is 0 Å². The highest BCUT2D eigenvalue weighted by atomic mass is 32.2. The maximum Gasteiger partial charge on any atom is 0.253 e. The minimum Gasteiger partial charge on any atom is -0.338 e. The molecule has 1 atom stereocenters. The molecule has 140 valence electrons. The Morgan fingerprint density at radius 1 is 1.36 bits per heavy atom. The van der Waals surface area contributed by atoms with Crippen LogP contribution in [-0.2, 0) is 15.8 Å². The molecule has 0 aromatic heterocycles. The number of likely N-dealkylation sites (tertiary alicyclic amines) is 1. The van der Waals surface area contributed by atoms with E-state index in [1.165, 1.54) is 0 Å². The smallest absolute Gasteiger partial charge is 0.253 e. The molecule has 0 bridgehead atoms. The summed E-state index contributed by atoms with van der Waals surface area (Å²) in [4.78, 5) is 14.5. The molecule has 0 spiro atoms. The van der Waals surface area contributed by atoms with Crippen LogP contribution < -0.4 is 10.5 Å². The van der Waals surface area contributed by atoms with Gasteiger partial charge in [-0.05, 0) is 56.8 Å². The summed E-state index contributed by atoms with van der Waals surface area (Å²) < 4.78 is 27.1. The van der Waals surface area contributed by atoms with Gasteiger partial charge in [-0.3, -0.25) is 4.79 Å². The molecule has 1 aromatic rings. The molecule has 1 unspecified atom stereocenters. The monoisotopic (exact) mass is 367 g/mol. The molecular weight excluding hydrogens is 338 g/mol. The van der Waals surface area contributed by atoms with Crippen molar-refractivity contribution < 1.29 is 13.2 Å². The molecule has 1 aliphatic heterocycles. The number of nitrogens with two attached hydrogens (primary N) is 1. The number of carbonyl (C=O) groups is 1. The summed E-state index contributed by atoms with van der Waals surface area (Å²) in [5.74, 6) is -0.216. The number of hydrogen-bond donors (Lipinski definition) is 2. The van der Waals surface area contributed by atoms with Crippen LogP contribution in [0.25, 0.3) is 0 Å². The average Bonchev–Trinajstić information content (AvgIpc) is 2.87. The van der Waals surface area contributed by atoms with Gasteiger partial charge in [-0.25, -0.2) is 13.1 Å². The molecule has 1 aliphatic rings. The third-order valence-electron chi connectivity index (χ3n) is 4.33. The number of hydrogen-bond acceptors (Lipinski definition) is 4. The Morgan fingerprint density at radius 2 is 2.04 bits per heavy atom. The van der Waals surface area contributed by atoms with E-state index in [0.717, 1.165) is 6.42 Å². The van der Waals surface area contributed by atoms with Crippen LogP contribution in [0.3, 0.4) is 0 Å². The fourth-order valence-electron chi connectivity index (χ4n) is 3.06. The van der Waals surface area contributed by atoms with E-state index in [9.17, 15) is 13.2 Å². The summed E-state index contributed by atoms with van der Waals surface area (Å²) in [7, 11) is -3.47. The minimum atomic E-state index is -3.47. The van der Waals surface area contributed by atoms with Gasteiger partial charge in [0, 0.05) is 24.2 Å². The van der Waals surface area contributed by atoms with Gasteiger partial charge in [0.05, 0.1) is 5.75 Å². The van der Waals surface area contributed by atoms with E-state index in [4.69, 9.17) is 5.73 Å². The number of rotatable bonds is 5. The maximum atomic E-state index is 12.7. The Balaban J connectivity index is 2.13. The largest absolute Gasteiger partial charge is 0.338 e. The van der Waals surface area contributed by atoms with Crippen molar-refractivity contribution in [2.75, 3.05) is 19.6 Å². The lowest BCUT2D eigenvalue weighted by Gasteiger charge is -2.23. The highest BCUT2D eigenvalue weighted by molar-refractivity contribution is 7.88. The molecule has 1 amide bonds. The zero-order valence-corrected chi connectivity index (χ0v) is 16.3. The van der Waals surface area contributed by atoms with Crippen molar-refractivity contribution in [3.63, 3.8) is 0 Å². The van der Waals surface area contributed by atoms with Crippen molar-refractivity contribution in [2.45, 2.75) is 45.4 Å². The predicted octanol–water partition coefficient (Wildman–Crippen LogP) is 1.72. The van der Waals surface area contributed by atoms with Crippen LogP contribution in [0.4, 0.5) is 0 Å². The van der Waals surface area contributed by atoms with Gasteiger partial charge in [0.1, 0.15) is 0 Å². The normalized spacial score (nSPS) is 21.6. The highest BCUT2D eigenvalue weighted by Gasteiger charge is 2.35. The van der Waals surface area contributed by atoms with Gasteiger partial charge in [-0.2, -0.15) is 0 Å². The lowest BCUT2D eigenvalue weighted by Crippen LogP contribution is -2.41. The summed E-state index contributed by atoms with van der Waals surface area (Å²) >= 11 is 0. The molecule has 1 fully saturated rings. The molecule has 0 aliphatic carbocycles. The van der Waals surface area contributed by atoms with E-state index in [2.05, 4.69) is 11.6 Å². The summed E-state index contributed by atoms with van der Waals surface area (Å²) in [6.45, 7) is 9.34. The fourth-order valence-corrected chi connectivity index (χ4v) is 4.69. The Hall–Kier alpha value is -1.44. The molecule has 6 nitrogen and oxygen atoms in total. The zero-order chi connectivity index (χ0) is 18.9. The Kier molecular flexibility index (Phi) is 5.61. The summed E-state index contributed by atoms with van der Waals surface area (Å²) in [6, 6.07) is 6.86. The molecular formula is C18H29N3O3S. The first-order chi connectivity index (χ1) is 11.4. The van der Waals surface area contributed by atoms with Crippen molar-refractivity contribution >= 4 is 15.9 Å². The number of sulfonamides is 1. The molecule has 0 saturated carbocycles. The second kappa shape index (κ2) is 7.05. The van der Waals surface area contributed by atoms with Crippen molar-refractivity contribution in [2.24, 2.45) is 11.1 Å². The number of nitrogens with one attached hydrogen (secondary N) is 1. The molecule has 0 radical (unpaired) electrons. The van der Waals surface area contributed by atoms with E-state index < -0.39 is 15.6 Å². The van der Waals surface area contributed by atoms with Crippen LogP contribution in [0.5, 0.6) is 0 Å². The third-order valence-corrected chi connectivity index (χ3v) is 5.97. The number of carbonyl (C=O) groups excluding carboxylic acids is 1. The second-order valence-electron chi connectivity index (χ2n) is 8.30. The fraction of sp³-hybridized carbons (Fsp3) is 0.611. The standard InChI is InChI=1S/C18H29N3O3S/c1-17(2,3)20-25(23,24)11-14-6-5-7-15(10-14)16(22)21-9-8-18(4,12-19)13-21/h5-7,10,20H,8-9,11-13,19H2,1-4H3. The van der Waals surface area contributed by atoms with Crippen LogP contribution in [0.1, 0.15) is 50.0 Å². The first-order valence-corrected chi connectivity index (χ1v) is 10.2. The second-order valence-corrected chi connectivity index (χ2v) is 10.0. The molecule has 25 heavy (non-hydrogen) atoms. The lowest BCUT2D eigenvalue weighted by molar-refractivity contribution is 0.0776. The topological polar surface area (TPSA) is 92.5 Å². The van der Waals surface area contributed by atoms with Gasteiger partial charge in [-0.1, -0.05) is 19.1 Å². The van der Waals surface area contributed by atoms with E-state index in [-0.39, 0.29) is 17.1 Å². The Bertz CT molecular complexity index is 740. The third kappa shape index (κ3) is 5.52. The van der Waals surface area contributed by atoms with Crippen LogP contribution in [-0.4, -0.2) is 44.4 Å². The van der Waals surface area contributed by atoms with Crippen molar-refractivity contribution in [3.8, 4) is 0 Å². The summed E-state index contributed by atoms with van der Waals surface area (Å²) in [6.07, 6.45) is 0.888. The molecule has 1 aromatic carbocycles. The molecule has 1 saturated heterocycles. The summed E-state index contributed by atoms with van der Waals surface area (Å²) in [5.41, 5.74) is 6.35. The number of nitrogens with zero attached hydrogens (tertiary/aromatic N) is 1. The van der Waals surface area contributed by atoms with E-state index in [0.29, 0.717) is 30.8 Å². The van der Waals surface area contributed by atoms with Gasteiger partial charge in [0.25, 0.3) is 5.91 Å². The van der Waals surface area contributed by atoms with Gasteiger partial charge >= 0.3 is 0 Å². The molecule has 3 N–H and O–H groups in total. The first-order valence-electron chi connectivity index (χ1n) is 8.53. The lowest BCUT2D eigenvalue weighted by atomic mass is 9.90. The zero-order valence-electron chi connectivity index (χ0n) is 15.5. The van der Waals surface area contributed by atoms with Crippen LogP contribution in [0, 0.1) is 5.41 Å². The van der Waals surface area contributed by atoms with Gasteiger partial charge in [0.15, 0.2) is 0 Å². The molecule has 7 heteroatoms. The highest BCUT2D eigenvalue weighted by Crippen LogP contribution is 2.29. The summed E-state index contributed by atoms with van der Waals surface area (Å²) in [5, 5.41) is 0. The van der Waals surface area contributed by atoms with Gasteiger partial charge < -0.3 is 10.6 Å². The maximum absolute atomic E-state index is 12.7. The number of benzene rings is 1. The van der Waals surface area contributed by atoms with E-state index >= 15 is 0 Å². The minimum absolute atomic E-state index is 0.0345. The van der Waals surface area contributed by atoms with Gasteiger partial charge in [-0.15, -0.1) is 0 Å². The van der Waals surface area contributed by atoms with Crippen LogP contribution >= 0.6 is 0 Å². The first kappa shape index (κ1) is 19.9. The Labute approximate surface area is 150 Å². The van der Waals surface area contributed by atoms with Crippen molar-refractivity contribution in [3.05, 3.63) is 35.4 Å². The van der Waals surface area contributed by atoms with Gasteiger partial charge in [0.2, 0.25) is 10.0 Å². The molecule has 2 rings (SSSR count). The quantitative estimate of drug-likeness (QED) is 0.829. The Morgan fingerprint density at radius 3 is 2.60 bits per heavy atom. The van der Waals surface area contributed by atoms with E-state index in [1.807, 2.05) is 0 Å². The predicted molar refractivity (Wildman–Crippen MR) is 99.6 cm³/mol. The molecule has 1 heterocycles.